The van der Waals surface area contributed by atoms with Crippen LogP contribution in [-0.2, 0) is 0 Å². The number of aryl methyl sites for hydroxylation is 1. The number of halogens is 2. The third-order valence-corrected chi connectivity index (χ3v) is 6.63. The van der Waals surface area contributed by atoms with E-state index in [2.05, 4.69) is 22.5 Å². The number of hydrogen-bond donors (Lipinski definition) is 2. The lowest BCUT2D eigenvalue weighted by Gasteiger charge is -2.37. The third-order valence-electron chi connectivity index (χ3n) is 5.80. The number of rotatable bonds is 5. The summed E-state index contributed by atoms with van der Waals surface area (Å²) in [6.45, 7) is 5.98. The number of benzene rings is 2. The van der Waals surface area contributed by atoms with Crippen molar-refractivity contribution in [2.45, 2.75) is 38.8 Å². The van der Waals surface area contributed by atoms with Crippen molar-refractivity contribution in [3.05, 3.63) is 68.0 Å². The molecule has 160 valence electrons. The number of hydrogen-bond acceptors (Lipinski definition) is 3. The van der Waals surface area contributed by atoms with Crippen LogP contribution in [0.25, 0.3) is 0 Å². The van der Waals surface area contributed by atoms with Crippen LogP contribution < -0.4 is 10.6 Å². The van der Waals surface area contributed by atoms with Crippen LogP contribution >= 0.6 is 22.6 Å². The van der Waals surface area contributed by atoms with Gasteiger partial charge in [-0.15, -0.1) is 0 Å². The molecule has 0 aliphatic carbocycles. The fraction of sp³-hybridized carbons (Fsp3) is 0.391. The van der Waals surface area contributed by atoms with Gasteiger partial charge in [0, 0.05) is 46.9 Å². The number of carbonyl (C=O) groups is 2. The Morgan fingerprint density at radius 1 is 1.10 bits per heavy atom. The molecule has 1 aliphatic heterocycles. The largest absolute Gasteiger partial charge is 0.355 e. The van der Waals surface area contributed by atoms with Gasteiger partial charge in [-0.2, -0.15) is 0 Å². The molecule has 1 aliphatic rings. The maximum atomic E-state index is 13.4. The second-order valence-electron chi connectivity index (χ2n) is 7.74. The van der Waals surface area contributed by atoms with E-state index in [0.29, 0.717) is 14.7 Å². The molecule has 0 spiro atoms. The molecule has 1 fully saturated rings. The molecule has 2 aromatic rings. The summed E-state index contributed by atoms with van der Waals surface area (Å²) in [6, 6.07) is 10.6. The van der Waals surface area contributed by atoms with E-state index >= 15 is 0 Å². The zero-order chi connectivity index (χ0) is 21.8. The van der Waals surface area contributed by atoms with Crippen molar-refractivity contribution < 1.29 is 14.0 Å². The van der Waals surface area contributed by atoms with Gasteiger partial charge < -0.3 is 10.6 Å². The fourth-order valence-electron chi connectivity index (χ4n) is 3.96. The van der Waals surface area contributed by atoms with Crippen LogP contribution in [0.4, 0.5) is 4.39 Å². The molecule has 2 aromatic carbocycles. The number of nitrogens with zero attached hydrogens (tertiary/aromatic N) is 1. The van der Waals surface area contributed by atoms with Gasteiger partial charge in [-0.1, -0.05) is 6.07 Å². The predicted octanol–water partition coefficient (Wildman–Crippen LogP) is 4.05. The van der Waals surface area contributed by atoms with Crippen LogP contribution in [-0.4, -0.2) is 42.9 Å². The van der Waals surface area contributed by atoms with E-state index in [0.717, 1.165) is 31.5 Å². The lowest BCUT2D eigenvalue weighted by Crippen LogP contribution is -2.45. The molecular formula is C23H27FIN3O2. The van der Waals surface area contributed by atoms with Crippen molar-refractivity contribution in [1.29, 1.82) is 0 Å². The van der Waals surface area contributed by atoms with Crippen molar-refractivity contribution in [3.63, 3.8) is 0 Å². The lowest BCUT2D eigenvalue weighted by atomic mass is 9.95. The summed E-state index contributed by atoms with van der Waals surface area (Å²) in [5.41, 5.74) is 3.47. The van der Waals surface area contributed by atoms with E-state index in [9.17, 15) is 14.0 Å². The first-order chi connectivity index (χ1) is 14.3. The minimum atomic E-state index is -0.312. The minimum absolute atomic E-state index is 0.0790. The van der Waals surface area contributed by atoms with Crippen LogP contribution in [0.5, 0.6) is 0 Å². The van der Waals surface area contributed by atoms with Crippen LogP contribution in [0.3, 0.4) is 0 Å². The van der Waals surface area contributed by atoms with E-state index in [1.807, 2.05) is 47.7 Å². The van der Waals surface area contributed by atoms with Crippen molar-refractivity contribution in [3.8, 4) is 0 Å². The molecule has 0 bridgehead atoms. The second kappa shape index (κ2) is 9.87. The predicted molar refractivity (Wildman–Crippen MR) is 124 cm³/mol. The number of nitrogens with one attached hydrogen (secondary N) is 2. The van der Waals surface area contributed by atoms with Crippen LogP contribution in [0.1, 0.15) is 57.7 Å². The average Bonchev–Trinajstić information content (AvgIpc) is 2.75. The molecule has 0 aromatic heterocycles. The number of amides is 2. The van der Waals surface area contributed by atoms with Gasteiger partial charge >= 0.3 is 0 Å². The maximum absolute atomic E-state index is 13.4. The van der Waals surface area contributed by atoms with Crippen molar-refractivity contribution in [2.24, 2.45) is 0 Å². The van der Waals surface area contributed by atoms with Gasteiger partial charge in [0.1, 0.15) is 5.82 Å². The Labute approximate surface area is 190 Å². The maximum Gasteiger partial charge on any atom is 0.251 e. The van der Waals surface area contributed by atoms with Gasteiger partial charge in [-0.25, -0.2) is 4.39 Å². The molecule has 30 heavy (non-hydrogen) atoms. The van der Waals surface area contributed by atoms with Crippen molar-refractivity contribution in [1.82, 2.24) is 15.5 Å². The Kier molecular flexibility index (Phi) is 7.46. The Bertz CT molecular complexity index is 942. The zero-order valence-corrected chi connectivity index (χ0v) is 19.6. The molecule has 5 nitrogen and oxygen atoms in total. The Morgan fingerprint density at radius 2 is 1.73 bits per heavy atom. The fourth-order valence-corrected chi connectivity index (χ4v) is 4.48. The van der Waals surface area contributed by atoms with Crippen LogP contribution in [0.15, 0.2) is 36.4 Å². The van der Waals surface area contributed by atoms with E-state index in [1.54, 1.807) is 13.1 Å². The molecule has 0 saturated carbocycles. The molecule has 1 heterocycles. The second-order valence-corrected chi connectivity index (χ2v) is 8.90. The van der Waals surface area contributed by atoms with E-state index in [4.69, 9.17) is 0 Å². The van der Waals surface area contributed by atoms with Gasteiger partial charge in [0.05, 0.1) is 0 Å². The minimum Gasteiger partial charge on any atom is -0.355 e. The summed E-state index contributed by atoms with van der Waals surface area (Å²) in [5, 5.41) is 5.74. The van der Waals surface area contributed by atoms with Crippen molar-refractivity contribution in [2.75, 3.05) is 20.1 Å². The highest BCUT2D eigenvalue weighted by Gasteiger charge is 2.26. The summed E-state index contributed by atoms with van der Waals surface area (Å²) in [6.07, 6.45) is 1.73. The monoisotopic (exact) mass is 523 g/mol. The number of carbonyl (C=O) groups excluding carboxylic acids is 2. The zero-order valence-electron chi connectivity index (χ0n) is 17.5. The third kappa shape index (κ3) is 5.18. The van der Waals surface area contributed by atoms with Gasteiger partial charge in [0.25, 0.3) is 11.8 Å². The van der Waals surface area contributed by atoms with E-state index < -0.39 is 0 Å². The van der Waals surface area contributed by atoms with E-state index in [-0.39, 0.29) is 29.7 Å². The molecule has 1 atom stereocenters. The average molecular weight is 523 g/mol. The topological polar surface area (TPSA) is 61.4 Å². The van der Waals surface area contributed by atoms with Crippen molar-refractivity contribution >= 4 is 34.4 Å². The lowest BCUT2D eigenvalue weighted by molar-refractivity contribution is 0.0894. The summed E-state index contributed by atoms with van der Waals surface area (Å²) in [5.74, 6) is -0.544. The summed E-state index contributed by atoms with van der Waals surface area (Å²) >= 11 is 1.90. The summed E-state index contributed by atoms with van der Waals surface area (Å²) < 4.78 is 13.9. The van der Waals surface area contributed by atoms with Gasteiger partial charge in [-0.05, 0) is 90.7 Å². The molecule has 3 rings (SSSR count). The molecule has 0 radical (unpaired) electrons. The number of likely N-dealkylation sites (tertiary alicyclic amines) is 1. The number of piperidine rings is 1. The standard InChI is InChI=1S/C23H27FIN3O2/c1-14-12-16(22(29)26-3)4-6-19(14)15(2)28-10-8-18(9-11-28)27-23(30)17-5-7-20(24)21(25)13-17/h4-7,12-13,15,18H,8-11H2,1-3H3,(H,26,29)(H,27,30). The molecule has 2 N–H and O–H groups in total. The van der Waals surface area contributed by atoms with Gasteiger partial charge in [-0.3, -0.25) is 14.5 Å². The quantitative estimate of drug-likeness (QED) is 0.582. The Hall–Kier alpha value is -2.00. The molecule has 2 amide bonds. The molecular weight excluding hydrogens is 496 g/mol. The molecule has 7 heteroatoms. The highest BCUT2D eigenvalue weighted by molar-refractivity contribution is 14.1. The summed E-state index contributed by atoms with van der Waals surface area (Å²) in [4.78, 5) is 26.7. The Morgan fingerprint density at radius 3 is 2.33 bits per heavy atom. The molecule has 1 unspecified atom stereocenters. The smallest absolute Gasteiger partial charge is 0.251 e. The first-order valence-electron chi connectivity index (χ1n) is 10.1. The van der Waals surface area contributed by atoms with Gasteiger partial charge in [0.2, 0.25) is 0 Å². The first-order valence-corrected chi connectivity index (χ1v) is 11.2. The highest BCUT2D eigenvalue weighted by Crippen LogP contribution is 2.27. The molecule has 1 saturated heterocycles. The van der Waals surface area contributed by atoms with Gasteiger partial charge in [0.15, 0.2) is 0 Å². The summed E-state index contributed by atoms with van der Waals surface area (Å²) in [7, 11) is 1.63. The highest BCUT2D eigenvalue weighted by atomic mass is 127. The Balaban J connectivity index is 1.57. The van der Waals surface area contributed by atoms with E-state index in [1.165, 1.54) is 17.7 Å². The normalized spacial score (nSPS) is 16.2. The SMILES string of the molecule is CNC(=O)c1ccc(C(C)N2CCC(NC(=O)c3ccc(F)c(I)c3)CC2)c(C)c1. The van der Waals surface area contributed by atoms with Crippen LogP contribution in [0.2, 0.25) is 0 Å². The van der Waals surface area contributed by atoms with Crippen LogP contribution in [0, 0.1) is 16.3 Å². The first kappa shape index (κ1) is 22.7.